The Morgan fingerprint density at radius 1 is 1.47 bits per heavy atom. The molecule has 1 saturated heterocycles. The summed E-state index contributed by atoms with van der Waals surface area (Å²) >= 11 is 1.77. The molecule has 0 spiro atoms. The lowest BCUT2D eigenvalue weighted by Crippen LogP contribution is -2.45. The number of morpholine rings is 1. The van der Waals surface area contributed by atoms with Gasteiger partial charge in [0, 0.05) is 29.2 Å². The average molecular weight is 277 g/mol. The van der Waals surface area contributed by atoms with E-state index in [0.717, 1.165) is 13.1 Å². The maximum absolute atomic E-state index is 10.9. The van der Waals surface area contributed by atoms with Gasteiger partial charge in [-0.2, -0.15) is 0 Å². The Labute approximate surface area is 115 Å². The van der Waals surface area contributed by atoms with Crippen molar-refractivity contribution >= 4 is 27.4 Å². The number of nitrogens with zero attached hydrogens (tertiary/aromatic N) is 1. The molecular weight excluding hydrogens is 262 g/mol. The third-order valence-electron chi connectivity index (χ3n) is 3.28. The summed E-state index contributed by atoms with van der Waals surface area (Å²) in [5, 5.41) is 10.2. The first kappa shape index (κ1) is 12.6. The standard InChI is InChI=1S/C14H15NO3S/c16-14(17)12-9-15(5-6-18-12)8-11-7-10-3-1-2-4-13(10)19-11/h1-4,7,12H,5-6,8-9H2,(H,16,17)/t12-/m0/s1. The molecule has 1 aliphatic heterocycles. The van der Waals surface area contributed by atoms with Gasteiger partial charge in [0.1, 0.15) is 0 Å². The molecule has 5 heteroatoms. The van der Waals surface area contributed by atoms with Crippen LogP contribution >= 0.6 is 11.3 Å². The maximum Gasteiger partial charge on any atom is 0.334 e. The summed E-state index contributed by atoms with van der Waals surface area (Å²) in [7, 11) is 0. The van der Waals surface area contributed by atoms with Crippen LogP contribution in [-0.2, 0) is 16.1 Å². The van der Waals surface area contributed by atoms with E-state index < -0.39 is 12.1 Å². The summed E-state index contributed by atoms with van der Waals surface area (Å²) in [4.78, 5) is 14.4. The minimum Gasteiger partial charge on any atom is -0.479 e. The smallest absolute Gasteiger partial charge is 0.334 e. The van der Waals surface area contributed by atoms with Crippen LogP contribution in [0.3, 0.4) is 0 Å². The predicted molar refractivity (Wildman–Crippen MR) is 74.5 cm³/mol. The van der Waals surface area contributed by atoms with E-state index in [0.29, 0.717) is 13.2 Å². The van der Waals surface area contributed by atoms with E-state index >= 15 is 0 Å². The largest absolute Gasteiger partial charge is 0.479 e. The Balaban J connectivity index is 1.72. The molecule has 1 aromatic carbocycles. The van der Waals surface area contributed by atoms with E-state index in [2.05, 4.69) is 23.1 Å². The molecule has 0 saturated carbocycles. The number of ether oxygens (including phenoxy) is 1. The van der Waals surface area contributed by atoms with E-state index in [1.807, 2.05) is 12.1 Å². The van der Waals surface area contributed by atoms with Crippen LogP contribution in [0.2, 0.25) is 0 Å². The van der Waals surface area contributed by atoms with Crippen molar-refractivity contribution in [2.24, 2.45) is 0 Å². The number of carbonyl (C=O) groups is 1. The Morgan fingerprint density at radius 3 is 3.11 bits per heavy atom. The van der Waals surface area contributed by atoms with Crippen LogP contribution in [0.25, 0.3) is 10.1 Å². The van der Waals surface area contributed by atoms with E-state index in [9.17, 15) is 4.79 Å². The second-order valence-corrected chi connectivity index (χ2v) is 5.85. The number of thiophene rings is 1. The first-order valence-corrected chi connectivity index (χ1v) is 7.08. The molecule has 0 aliphatic carbocycles. The Bertz CT molecular complexity index is 562. The molecular formula is C14H15NO3S. The topological polar surface area (TPSA) is 49.8 Å². The SMILES string of the molecule is O=C(O)[C@@H]1CN(Cc2cc3ccccc3s2)CCO1. The van der Waals surface area contributed by atoms with Crippen LogP contribution in [0.4, 0.5) is 0 Å². The zero-order valence-electron chi connectivity index (χ0n) is 10.4. The van der Waals surface area contributed by atoms with Crippen LogP contribution in [0.1, 0.15) is 4.88 Å². The van der Waals surface area contributed by atoms with Crippen LogP contribution in [0.5, 0.6) is 0 Å². The average Bonchev–Trinajstić information content (AvgIpc) is 2.81. The van der Waals surface area contributed by atoms with Gasteiger partial charge in [0.15, 0.2) is 6.10 Å². The van der Waals surface area contributed by atoms with Crippen molar-refractivity contribution in [3.63, 3.8) is 0 Å². The highest BCUT2D eigenvalue weighted by molar-refractivity contribution is 7.19. The lowest BCUT2D eigenvalue weighted by Gasteiger charge is -2.30. The molecule has 0 amide bonds. The van der Waals surface area contributed by atoms with Crippen LogP contribution in [0, 0.1) is 0 Å². The molecule has 19 heavy (non-hydrogen) atoms. The summed E-state index contributed by atoms with van der Waals surface area (Å²) in [6.07, 6.45) is -0.692. The number of aliphatic carboxylic acids is 1. The zero-order valence-corrected chi connectivity index (χ0v) is 11.2. The van der Waals surface area contributed by atoms with Crippen LogP contribution in [0.15, 0.2) is 30.3 Å². The molecule has 0 radical (unpaired) electrons. The first-order valence-electron chi connectivity index (χ1n) is 6.26. The van der Waals surface area contributed by atoms with E-state index in [-0.39, 0.29) is 0 Å². The van der Waals surface area contributed by atoms with Gasteiger partial charge in [0.2, 0.25) is 0 Å². The van der Waals surface area contributed by atoms with E-state index in [1.54, 1.807) is 11.3 Å². The molecule has 0 bridgehead atoms. The number of rotatable bonds is 3. The van der Waals surface area contributed by atoms with Crippen molar-refractivity contribution < 1.29 is 14.6 Å². The van der Waals surface area contributed by atoms with Gasteiger partial charge in [-0.1, -0.05) is 18.2 Å². The molecule has 1 N–H and O–H groups in total. The number of carboxylic acids is 1. The third-order valence-corrected chi connectivity index (χ3v) is 4.38. The quantitative estimate of drug-likeness (QED) is 0.934. The lowest BCUT2D eigenvalue weighted by atomic mass is 10.2. The fourth-order valence-corrected chi connectivity index (χ4v) is 3.44. The van der Waals surface area contributed by atoms with Gasteiger partial charge in [-0.3, -0.25) is 4.90 Å². The third kappa shape index (κ3) is 2.78. The molecule has 2 heterocycles. The van der Waals surface area contributed by atoms with Crippen molar-refractivity contribution in [3.8, 4) is 0 Å². The van der Waals surface area contributed by atoms with Gasteiger partial charge in [-0.25, -0.2) is 4.79 Å². The summed E-state index contributed by atoms with van der Waals surface area (Å²) in [5.41, 5.74) is 0. The molecule has 1 aliphatic rings. The van der Waals surface area contributed by atoms with Gasteiger partial charge in [0.05, 0.1) is 6.61 Å². The van der Waals surface area contributed by atoms with E-state index in [1.165, 1.54) is 15.0 Å². The molecule has 4 nitrogen and oxygen atoms in total. The van der Waals surface area contributed by atoms with Crippen molar-refractivity contribution in [1.29, 1.82) is 0 Å². The molecule has 0 unspecified atom stereocenters. The van der Waals surface area contributed by atoms with Crippen LogP contribution in [-0.4, -0.2) is 41.8 Å². The fourth-order valence-electron chi connectivity index (χ4n) is 2.33. The Morgan fingerprint density at radius 2 is 2.32 bits per heavy atom. The van der Waals surface area contributed by atoms with Crippen molar-refractivity contribution in [1.82, 2.24) is 4.90 Å². The Kier molecular flexibility index (Phi) is 3.50. The first-order chi connectivity index (χ1) is 9.22. The molecule has 1 atom stereocenters. The highest BCUT2D eigenvalue weighted by Gasteiger charge is 2.26. The zero-order chi connectivity index (χ0) is 13.2. The minimum absolute atomic E-state index is 0.462. The Hall–Kier alpha value is -1.43. The van der Waals surface area contributed by atoms with Gasteiger partial charge in [-0.15, -0.1) is 11.3 Å². The summed E-state index contributed by atoms with van der Waals surface area (Å²) in [6, 6.07) is 10.5. The number of benzene rings is 1. The highest BCUT2D eigenvalue weighted by atomic mass is 32.1. The van der Waals surface area contributed by atoms with Gasteiger partial charge in [-0.05, 0) is 17.5 Å². The number of hydrogen-bond donors (Lipinski definition) is 1. The second kappa shape index (κ2) is 5.28. The monoisotopic (exact) mass is 277 g/mol. The predicted octanol–water partition coefficient (Wildman–Crippen LogP) is 2.19. The number of hydrogen-bond acceptors (Lipinski definition) is 4. The van der Waals surface area contributed by atoms with Gasteiger partial charge >= 0.3 is 5.97 Å². The van der Waals surface area contributed by atoms with Gasteiger partial charge in [0.25, 0.3) is 0 Å². The van der Waals surface area contributed by atoms with Crippen LogP contribution < -0.4 is 0 Å². The molecule has 1 aromatic heterocycles. The normalized spacial score (nSPS) is 20.7. The minimum atomic E-state index is -0.874. The van der Waals surface area contributed by atoms with Crippen molar-refractivity contribution in [3.05, 3.63) is 35.2 Å². The highest BCUT2D eigenvalue weighted by Crippen LogP contribution is 2.26. The van der Waals surface area contributed by atoms with E-state index in [4.69, 9.17) is 9.84 Å². The molecule has 3 rings (SSSR count). The molecule has 2 aromatic rings. The summed E-state index contributed by atoms with van der Waals surface area (Å²) in [6.45, 7) is 2.54. The summed E-state index contributed by atoms with van der Waals surface area (Å²) < 4.78 is 6.51. The molecule has 100 valence electrons. The lowest BCUT2D eigenvalue weighted by molar-refractivity contribution is -0.156. The van der Waals surface area contributed by atoms with Crippen molar-refractivity contribution in [2.75, 3.05) is 19.7 Å². The van der Waals surface area contributed by atoms with Crippen molar-refractivity contribution in [2.45, 2.75) is 12.6 Å². The second-order valence-electron chi connectivity index (χ2n) is 4.68. The fraction of sp³-hybridized carbons (Fsp3) is 0.357. The molecule has 1 fully saturated rings. The number of fused-ring (bicyclic) bond motifs is 1. The number of carboxylic acid groups (broad SMARTS) is 1. The maximum atomic E-state index is 10.9. The summed E-state index contributed by atoms with van der Waals surface area (Å²) in [5.74, 6) is -0.874. The van der Waals surface area contributed by atoms with Gasteiger partial charge < -0.3 is 9.84 Å².